The molecule has 4 nitrogen and oxygen atoms in total. The Kier molecular flexibility index (Phi) is 6.23. The normalized spacial score (nSPS) is 21.2. The molecule has 0 radical (unpaired) electrons. The van der Waals surface area contributed by atoms with E-state index < -0.39 is 0 Å². The van der Waals surface area contributed by atoms with Crippen molar-refractivity contribution in [1.82, 2.24) is 10.6 Å². The van der Waals surface area contributed by atoms with Crippen LogP contribution in [0.1, 0.15) is 19.8 Å². The van der Waals surface area contributed by atoms with Gasteiger partial charge in [0, 0.05) is 19.1 Å². The zero-order valence-electron chi connectivity index (χ0n) is 10.4. The first-order valence-electron chi connectivity index (χ1n) is 6.33. The summed E-state index contributed by atoms with van der Waals surface area (Å²) >= 11 is 0. The summed E-state index contributed by atoms with van der Waals surface area (Å²) in [4.78, 5) is 11.7. The second-order valence-corrected chi connectivity index (χ2v) is 5.02. The van der Waals surface area contributed by atoms with E-state index in [1.54, 1.807) is 0 Å². The predicted molar refractivity (Wildman–Crippen MR) is 69.3 cm³/mol. The average Bonchev–Trinajstić information content (AvgIpc) is 2.98. The summed E-state index contributed by atoms with van der Waals surface area (Å²) in [6, 6.07) is 0. The first kappa shape index (κ1) is 14.7. The zero-order chi connectivity index (χ0) is 11.4. The van der Waals surface area contributed by atoms with Gasteiger partial charge in [0.2, 0.25) is 5.91 Å². The van der Waals surface area contributed by atoms with E-state index in [2.05, 4.69) is 10.6 Å². The molecule has 5 heteroatoms. The van der Waals surface area contributed by atoms with E-state index in [4.69, 9.17) is 4.74 Å². The lowest BCUT2D eigenvalue weighted by Crippen LogP contribution is -2.49. The van der Waals surface area contributed by atoms with E-state index in [-0.39, 0.29) is 24.2 Å². The van der Waals surface area contributed by atoms with E-state index in [9.17, 15) is 4.79 Å². The van der Waals surface area contributed by atoms with Crippen molar-refractivity contribution in [3.8, 4) is 0 Å². The Morgan fingerprint density at radius 2 is 2.18 bits per heavy atom. The lowest BCUT2D eigenvalue weighted by molar-refractivity contribution is -0.126. The molecule has 1 aliphatic heterocycles. The fourth-order valence-corrected chi connectivity index (χ4v) is 1.82. The molecule has 1 amide bonds. The molecule has 100 valence electrons. The first-order chi connectivity index (χ1) is 7.77. The molecule has 0 aromatic heterocycles. The van der Waals surface area contributed by atoms with Gasteiger partial charge in [0.05, 0.1) is 6.61 Å². The Balaban J connectivity index is 0.00000144. The predicted octanol–water partition coefficient (Wildman–Crippen LogP) is 0.806. The maximum Gasteiger partial charge on any atom is 0.223 e. The van der Waals surface area contributed by atoms with Crippen molar-refractivity contribution < 1.29 is 9.53 Å². The first-order valence-corrected chi connectivity index (χ1v) is 6.33. The topological polar surface area (TPSA) is 50.4 Å². The lowest BCUT2D eigenvalue weighted by atomic mass is 9.88. The van der Waals surface area contributed by atoms with Crippen molar-refractivity contribution in [2.24, 2.45) is 17.8 Å². The second kappa shape index (κ2) is 7.19. The summed E-state index contributed by atoms with van der Waals surface area (Å²) in [6.45, 7) is 6.14. The molecule has 1 saturated carbocycles. The maximum absolute atomic E-state index is 11.7. The van der Waals surface area contributed by atoms with E-state index >= 15 is 0 Å². The second-order valence-electron chi connectivity index (χ2n) is 5.02. The molecule has 0 aromatic rings. The van der Waals surface area contributed by atoms with Gasteiger partial charge in [0.15, 0.2) is 0 Å². The van der Waals surface area contributed by atoms with Gasteiger partial charge in [-0.1, -0.05) is 6.92 Å². The van der Waals surface area contributed by atoms with Crippen LogP contribution in [0.25, 0.3) is 0 Å². The average molecular weight is 263 g/mol. The third-order valence-corrected chi connectivity index (χ3v) is 3.53. The van der Waals surface area contributed by atoms with Crippen LogP contribution < -0.4 is 10.6 Å². The Hall–Kier alpha value is -0.320. The monoisotopic (exact) mass is 262 g/mol. The van der Waals surface area contributed by atoms with Crippen LogP contribution in [0.4, 0.5) is 0 Å². The Bertz CT molecular complexity index is 243. The van der Waals surface area contributed by atoms with E-state index in [1.807, 2.05) is 6.92 Å². The lowest BCUT2D eigenvalue weighted by Gasteiger charge is -2.31. The van der Waals surface area contributed by atoms with Gasteiger partial charge in [-0.3, -0.25) is 4.79 Å². The molecule has 1 heterocycles. The van der Waals surface area contributed by atoms with Crippen LogP contribution in [0.15, 0.2) is 0 Å². The van der Waals surface area contributed by atoms with Gasteiger partial charge in [0.1, 0.15) is 0 Å². The van der Waals surface area contributed by atoms with Crippen LogP contribution in [-0.2, 0) is 9.53 Å². The zero-order valence-corrected chi connectivity index (χ0v) is 11.2. The number of nitrogens with one attached hydrogen (secondary N) is 2. The summed E-state index contributed by atoms with van der Waals surface area (Å²) < 4.78 is 5.46. The smallest absolute Gasteiger partial charge is 0.223 e. The van der Waals surface area contributed by atoms with Crippen LogP contribution in [0.3, 0.4) is 0 Å². The number of carbonyl (C=O) groups excluding carboxylic acids is 1. The van der Waals surface area contributed by atoms with Crippen molar-refractivity contribution in [2.45, 2.75) is 19.8 Å². The van der Waals surface area contributed by atoms with E-state index in [1.165, 1.54) is 12.8 Å². The molecule has 2 rings (SSSR count). The molecule has 1 aliphatic carbocycles. The number of rotatable bonds is 7. The minimum atomic E-state index is 0. The fourth-order valence-electron chi connectivity index (χ4n) is 1.82. The SMILES string of the molecule is CC(C(=O)NCCOCC1CC1)C1CNC1.Cl. The summed E-state index contributed by atoms with van der Waals surface area (Å²) in [6.07, 6.45) is 2.64. The molecule has 17 heavy (non-hydrogen) atoms. The van der Waals surface area contributed by atoms with Gasteiger partial charge < -0.3 is 15.4 Å². The van der Waals surface area contributed by atoms with Gasteiger partial charge in [-0.25, -0.2) is 0 Å². The number of ether oxygens (including phenoxy) is 1. The molecular weight excluding hydrogens is 240 g/mol. The van der Waals surface area contributed by atoms with Crippen molar-refractivity contribution in [3.05, 3.63) is 0 Å². The molecule has 0 spiro atoms. The van der Waals surface area contributed by atoms with Crippen molar-refractivity contribution in [1.29, 1.82) is 0 Å². The molecule has 1 atom stereocenters. The maximum atomic E-state index is 11.7. The number of halogens is 1. The number of carbonyl (C=O) groups is 1. The molecule has 0 bridgehead atoms. The van der Waals surface area contributed by atoms with Crippen LogP contribution in [0.5, 0.6) is 0 Å². The van der Waals surface area contributed by atoms with Crippen LogP contribution in [-0.4, -0.2) is 38.8 Å². The largest absolute Gasteiger partial charge is 0.379 e. The highest BCUT2D eigenvalue weighted by Gasteiger charge is 2.28. The van der Waals surface area contributed by atoms with Crippen LogP contribution >= 0.6 is 12.4 Å². The van der Waals surface area contributed by atoms with Crippen molar-refractivity contribution in [2.75, 3.05) is 32.8 Å². The Labute approximate surface area is 109 Å². The van der Waals surface area contributed by atoms with Crippen molar-refractivity contribution in [3.63, 3.8) is 0 Å². The summed E-state index contributed by atoms with van der Waals surface area (Å²) in [5, 5.41) is 6.12. The molecule has 1 saturated heterocycles. The highest BCUT2D eigenvalue weighted by molar-refractivity contribution is 5.85. The van der Waals surface area contributed by atoms with Gasteiger partial charge in [0.25, 0.3) is 0 Å². The number of hydrogen-bond acceptors (Lipinski definition) is 3. The minimum absolute atomic E-state index is 0. The molecule has 0 aromatic carbocycles. The standard InChI is InChI=1S/C12H22N2O2.ClH/c1-9(11-6-13-7-11)12(15)14-4-5-16-8-10-2-3-10;/h9-11,13H,2-8H2,1H3,(H,14,15);1H. The molecule has 2 fully saturated rings. The van der Waals surface area contributed by atoms with Crippen LogP contribution in [0.2, 0.25) is 0 Å². The third kappa shape index (κ3) is 4.82. The highest BCUT2D eigenvalue weighted by Crippen LogP contribution is 2.28. The van der Waals surface area contributed by atoms with E-state index in [0.29, 0.717) is 19.1 Å². The number of hydrogen-bond donors (Lipinski definition) is 2. The number of amides is 1. The Morgan fingerprint density at radius 1 is 1.47 bits per heavy atom. The van der Waals surface area contributed by atoms with Crippen molar-refractivity contribution >= 4 is 18.3 Å². The third-order valence-electron chi connectivity index (χ3n) is 3.53. The van der Waals surface area contributed by atoms with Gasteiger partial charge in [-0.2, -0.15) is 0 Å². The summed E-state index contributed by atoms with van der Waals surface area (Å²) in [5.41, 5.74) is 0. The highest BCUT2D eigenvalue weighted by atomic mass is 35.5. The Morgan fingerprint density at radius 3 is 2.71 bits per heavy atom. The van der Waals surface area contributed by atoms with Gasteiger partial charge in [-0.05, 0) is 37.8 Å². The molecule has 1 unspecified atom stereocenters. The van der Waals surface area contributed by atoms with Gasteiger partial charge >= 0.3 is 0 Å². The van der Waals surface area contributed by atoms with Crippen LogP contribution in [0, 0.1) is 17.8 Å². The quantitative estimate of drug-likeness (QED) is 0.668. The van der Waals surface area contributed by atoms with E-state index in [0.717, 1.165) is 25.6 Å². The summed E-state index contributed by atoms with van der Waals surface area (Å²) in [7, 11) is 0. The molecular formula is C12H23ClN2O2. The summed E-state index contributed by atoms with van der Waals surface area (Å²) in [5.74, 6) is 1.62. The fraction of sp³-hybridized carbons (Fsp3) is 0.917. The molecule has 2 aliphatic rings. The molecule has 2 N–H and O–H groups in total. The minimum Gasteiger partial charge on any atom is -0.379 e. The van der Waals surface area contributed by atoms with Gasteiger partial charge in [-0.15, -0.1) is 12.4 Å².